The quantitative estimate of drug-likeness (QED) is 0.723. The Bertz CT molecular complexity index is 495. The Morgan fingerprint density at radius 1 is 1.00 bits per heavy atom. The summed E-state index contributed by atoms with van der Waals surface area (Å²) in [5.74, 6) is 0.947. The Morgan fingerprint density at radius 2 is 1.74 bits per heavy atom. The van der Waals surface area contributed by atoms with E-state index in [1.165, 1.54) is 49.8 Å². The molecular formula is C16H21N3. The highest BCUT2D eigenvalue weighted by atomic mass is 15.2. The van der Waals surface area contributed by atoms with Crippen molar-refractivity contribution in [3.05, 3.63) is 22.9 Å². The Labute approximate surface area is 115 Å². The first-order valence-electron chi connectivity index (χ1n) is 7.56. The molecule has 0 atom stereocenters. The number of piperidine rings is 1. The number of anilines is 1. The van der Waals surface area contributed by atoms with Crippen LogP contribution >= 0.6 is 0 Å². The first-order chi connectivity index (χ1) is 9.38. The standard InChI is InChI=1S/C16H21N3/c17-12-14-11-13-7-3-1-4-8-15(13)18-16(14)19-9-5-2-6-10-19/h11H,1-10H2. The monoisotopic (exact) mass is 255 g/mol. The Morgan fingerprint density at radius 3 is 2.53 bits per heavy atom. The summed E-state index contributed by atoms with van der Waals surface area (Å²) < 4.78 is 0. The van der Waals surface area contributed by atoms with E-state index in [0.717, 1.165) is 37.3 Å². The smallest absolute Gasteiger partial charge is 0.146 e. The van der Waals surface area contributed by atoms with Gasteiger partial charge in [-0.3, -0.25) is 0 Å². The van der Waals surface area contributed by atoms with E-state index in [4.69, 9.17) is 4.98 Å². The van der Waals surface area contributed by atoms with Gasteiger partial charge in [-0.15, -0.1) is 0 Å². The first kappa shape index (κ1) is 12.5. The number of hydrogen-bond acceptors (Lipinski definition) is 3. The van der Waals surface area contributed by atoms with Crippen molar-refractivity contribution in [3.63, 3.8) is 0 Å². The second-order valence-corrected chi connectivity index (χ2v) is 5.69. The molecule has 1 fully saturated rings. The second-order valence-electron chi connectivity index (χ2n) is 5.69. The van der Waals surface area contributed by atoms with Crippen LogP contribution < -0.4 is 4.90 Å². The predicted molar refractivity (Wildman–Crippen MR) is 76.3 cm³/mol. The second kappa shape index (κ2) is 5.61. The van der Waals surface area contributed by atoms with Gasteiger partial charge in [0.1, 0.15) is 11.9 Å². The summed E-state index contributed by atoms with van der Waals surface area (Å²) >= 11 is 0. The van der Waals surface area contributed by atoms with Crippen LogP contribution in [0.4, 0.5) is 5.82 Å². The Hall–Kier alpha value is -1.56. The first-order valence-corrected chi connectivity index (χ1v) is 7.56. The number of pyridine rings is 1. The third-order valence-corrected chi connectivity index (χ3v) is 4.31. The van der Waals surface area contributed by atoms with Gasteiger partial charge in [0, 0.05) is 18.8 Å². The number of rotatable bonds is 1. The lowest BCUT2D eigenvalue weighted by molar-refractivity contribution is 0.572. The van der Waals surface area contributed by atoms with Gasteiger partial charge in [-0.25, -0.2) is 4.98 Å². The maximum absolute atomic E-state index is 9.40. The third kappa shape index (κ3) is 2.58. The number of nitriles is 1. The highest BCUT2D eigenvalue weighted by molar-refractivity contribution is 5.56. The fourth-order valence-electron chi connectivity index (χ4n) is 3.23. The van der Waals surface area contributed by atoms with Crippen molar-refractivity contribution >= 4 is 5.82 Å². The van der Waals surface area contributed by atoms with Crippen molar-refractivity contribution in [1.82, 2.24) is 4.98 Å². The fourth-order valence-corrected chi connectivity index (χ4v) is 3.23. The molecule has 100 valence electrons. The van der Waals surface area contributed by atoms with Crippen LogP contribution in [0.3, 0.4) is 0 Å². The maximum Gasteiger partial charge on any atom is 0.146 e. The minimum atomic E-state index is 0.780. The Balaban J connectivity index is 1.98. The molecule has 3 heteroatoms. The average molecular weight is 255 g/mol. The molecule has 2 aliphatic rings. The molecule has 0 spiro atoms. The lowest BCUT2D eigenvalue weighted by Crippen LogP contribution is -2.31. The largest absolute Gasteiger partial charge is 0.356 e. The highest BCUT2D eigenvalue weighted by Crippen LogP contribution is 2.27. The van der Waals surface area contributed by atoms with Gasteiger partial charge in [0.25, 0.3) is 0 Å². The van der Waals surface area contributed by atoms with Gasteiger partial charge in [-0.05, 0) is 56.6 Å². The van der Waals surface area contributed by atoms with Crippen molar-refractivity contribution in [1.29, 1.82) is 5.26 Å². The van der Waals surface area contributed by atoms with E-state index in [0.29, 0.717) is 0 Å². The van der Waals surface area contributed by atoms with Crippen molar-refractivity contribution in [3.8, 4) is 6.07 Å². The zero-order valence-corrected chi connectivity index (χ0v) is 11.5. The van der Waals surface area contributed by atoms with Crippen LogP contribution in [0, 0.1) is 11.3 Å². The summed E-state index contributed by atoms with van der Waals surface area (Å²) in [6.45, 7) is 2.11. The van der Waals surface area contributed by atoms with E-state index in [1.54, 1.807) is 0 Å². The van der Waals surface area contributed by atoms with Gasteiger partial charge >= 0.3 is 0 Å². The van der Waals surface area contributed by atoms with Crippen molar-refractivity contribution < 1.29 is 0 Å². The SMILES string of the molecule is N#Cc1cc2c(nc1N1CCCCC1)CCCCC2. The molecule has 1 aromatic rings. The summed E-state index contributed by atoms with van der Waals surface area (Å²) in [5, 5.41) is 9.40. The molecule has 1 aliphatic heterocycles. The highest BCUT2D eigenvalue weighted by Gasteiger charge is 2.19. The predicted octanol–water partition coefficient (Wildman–Crippen LogP) is 3.21. The van der Waals surface area contributed by atoms with Gasteiger partial charge in [-0.1, -0.05) is 6.42 Å². The van der Waals surface area contributed by atoms with Gasteiger partial charge in [-0.2, -0.15) is 5.26 Å². The van der Waals surface area contributed by atoms with Crippen LogP contribution in [0.5, 0.6) is 0 Å². The van der Waals surface area contributed by atoms with Crippen molar-refractivity contribution in [2.45, 2.75) is 51.4 Å². The van der Waals surface area contributed by atoms with E-state index in [-0.39, 0.29) is 0 Å². The van der Waals surface area contributed by atoms with Crippen molar-refractivity contribution in [2.75, 3.05) is 18.0 Å². The van der Waals surface area contributed by atoms with Crippen LogP contribution in [0.25, 0.3) is 0 Å². The van der Waals surface area contributed by atoms with E-state index in [2.05, 4.69) is 17.0 Å². The van der Waals surface area contributed by atoms with Crippen LogP contribution in [0.1, 0.15) is 55.3 Å². The fraction of sp³-hybridized carbons (Fsp3) is 0.625. The number of hydrogen-bond donors (Lipinski definition) is 0. The lowest BCUT2D eigenvalue weighted by atomic mass is 10.0. The summed E-state index contributed by atoms with van der Waals surface area (Å²) in [6, 6.07) is 4.47. The van der Waals surface area contributed by atoms with Gasteiger partial charge in [0.15, 0.2) is 0 Å². The summed E-state index contributed by atoms with van der Waals surface area (Å²) in [4.78, 5) is 7.18. The molecule has 1 aliphatic carbocycles. The van der Waals surface area contributed by atoms with Crippen LogP contribution in [-0.2, 0) is 12.8 Å². The molecule has 1 saturated heterocycles. The molecule has 0 saturated carbocycles. The van der Waals surface area contributed by atoms with E-state index >= 15 is 0 Å². The van der Waals surface area contributed by atoms with E-state index in [9.17, 15) is 5.26 Å². The summed E-state index contributed by atoms with van der Waals surface area (Å²) in [6.07, 6.45) is 9.71. The van der Waals surface area contributed by atoms with Crippen molar-refractivity contribution in [2.24, 2.45) is 0 Å². The van der Waals surface area contributed by atoms with Crippen LogP contribution in [-0.4, -0.2) is 18.1 Å². The molecule has 0 radical (unpaired) electrons. The van der Waals surface area contributed by atoms with Gasteiger partial charge in [0.05, 0.1) is 5.56 Å². The van der Waals surface area contributed by atoms with Gasteiger partial charge < -0.3 is 4.90 Å². The van der Waals surface area contributed by atoms with Gasteiger partial charge in [0.2, 0.25) is 0 Å². The zero-order valence-electron chi connectivity index (χ0n) is 11.5. The molecule has 0 bridgehead atoms. The molecule has 0 N–H and O–H groups in total. The number of nitrogens with zero attached hydrogens (tertiary/aromatic N) is 3. The third-order valence-electron chi connectivity index (χ3n) is 4.31. The number of aryl methyl sites for hydroxylation is 2. The van der Waals surface area contributed by atoms with E-state index in [1.807, 2.05) is 0 Å². The number of aromatic nitrogens is 1. The molecule has 1 aromatic heterocycles. The minimum absolute atomic E-state index is 0.780. The minimum Gasteiger partial charge on any atom is -0.356 e. The maximum atomic E-state index is 9.40. The Kier molecular flexibility index (Phi) is 3.68. The molecule has 3 rings (SSSR count). The van der Waals surface area contributed by atoms with E-state index < -0.39 is 0 Å². The molecule has 0 aromatic carbocycles. The van der Waals surface area contributed by atoms with Crippen LogP contribution in [0.2, 0.25) is 0 Å². The van der Waals surface area contributed by atoms with Crippen LogP contribution in [0.15, 0.2) is 6.07 Å². The molecule has 3 nitrogen and oxygen atoms in total. The molecule has 0 amide bonds. The molecule has 2 heterocycles. The summed E-state index contributed by atoms with van der Waals surface area (Å²) in [5.41, 5.74) is 3.34. The zero-order chi connectivity index (χ0) is 13.1. The topological polar surface area (TPSA) is 39.9 Å². The molecular weight excluding hydrogens is 234 g/mol. The molecule has 0 unspecified atom stereocenters. The number of fused-ring (bicyclic) bond motifs is 1. The normalized spacial score (nSPS) is 19.4. The summed E-state index contributed by atoms with van der Waals surface area (Å²) in [7, 11) is 0. The average Bonchev–Trinajstić information content (AvgIpc) is 2.71. The molecule has 19 heavy (non-hydrogen) atoms. The lowest BCUT2D eigenvalue weighted by Gasteiger charge is -2.29.